The largest absolute Gasteiger partial charge is 0.463 e. The second kappa shape index (κ2) is 6.43. The number of benzene rings is 1. The van der Waals surface area contributed by atoms with Gasteiger partial charge in [-0.15, -0.1) is 0 Å². The van der Waals surface area contributed by atoms with Gasteiger partial charge in [-0.2, -0.15) is 0 Å². The van der Waals surface area contributed by atoms with Gasteiger partial charge >= 0.3 is 12.0 Å². The summed E-state index contributed by atoms with van der Waals surface area (Å²) < 4.78 is 5.17. The minimum atomic E-state index is -0.380. The van der Waals surface area contributed by atoms with Crippen LogP contribution < -0.4 is 5.32 Å². The number of nitrogens with zero attached hydrogens (tertiary/aromatic N) is 1. The Morgan fingerprint density at radius 3 is 2.52 bits per heavy atom. The van der Waals surface area contributed by atoms with Crippen molar-refractivity contribution in [3.05, 3.63) is 41.5 Å². The van der Waals surface area contributed by atoms with Crippen molar-refractivity contribution in [3.8, 4) is 0 Å². The van der Waals surface area contributed by atoms with Crippen LogP contribution in [0, 0.1) is 0 Å². The Balaban J connectivity index is 2.61. The number of urea groups is 1. The zero-order valence-corrected chi connectivity index (χ0v) is 12.6. The standard InChI is InChI=1S/C16H20N2O3/c1-4-12-13(15(19)21-5-2)14(18(3)16(20)17-12)11-9-7-6-8-10-11/h6-10,12H,4-5H2,1-3H3,(H,17,20). The first-order valence-electron chi connectivity index (χ1n) is 7.11. The average Bonchev–Trinajstić information content (AvgIpc) is 2.50. The zero-order valence-electron chi connectivity index (χ0n) is 12.6. The molecule has 0 saturated heterocycles. The van der Waals surface area contributed by atoms with Crippen LogP contribution in [0.4, 0.5) is 4.79 Å². The van der Waals surface area contributed by atoms with Crippen molar-refractivity contribution < 1.29 is 14.3 Å². The average molecular weight is 288 g/mol. The molecule has 1 heterocycles. The van der Waals surface area contributed by atoms with Gasteiger partial charge in [-0.05, 0) is 18.9 Å². The summed E-state index contributed by atoms with van der Waals surface area (Å²) in [4.78, 5) is 25.9. The summed E-state index contributed by atoms with van der Waals surface area (Å²) in [5, 5.41) is 2.83. The third-order valence-corrected chi connectivity index (χ3v) is 3.49. The minimum Gasteiger partial charge on any atom is -0.463 e. The zero-order chi connectivity index (χ0) is 15.4. The van der Waals surface area contributed by atoms with Gasteiger partial charge in [-0.25, -0.2) is 9.59 Å². The summed E-state index contributed by atoms with van der Waals surface area (Å²) in [7, 11) is 1.66. The van der Waals surface area contributed by atoms with Gasteiger partial charge in [0, 0.05) is 7.05 Å². The number of rotatable bonds is 4. The summed E-state index contributed by atoms with van der Waals surface area (Å²) in [5.74, 6) is -0.380. The van der Waals surface area contributed by atoms with E-state index in [2.05, 4.69) is 5.32 Å². The molecule has 1 aromatic carbocycles. The first kappa shape index (κ1) is 15.1. The first-order chi connectivity index (χ1) is 10.1. The van der Waals surface area contributed by atoms with Gasteiger partial charge in [-0.1, -0.05) is 37.3 Å². The van der Waals surface area contributed by atoms with E-state index in [1.165, 1.54) is 4.90 Å². The number of esters is 1. The van der Waals surface area contributed by atoms with Crippen molar-refractivity contribution in [2.75, 3.05) is 13.7 Å². The van der Waals surface area contributed by atoms with Crippen molar-refractivity contribution >= 4 is 17.7 Å². The van der Waals surface area contributed by atoms with Crippen molar-refractivity contribution in [2.24, 2.45) is 0 Å². The molecule has 0 bridgehead atoms. The maximum absolute atomic E-state index is 12.3. The molecule has 1 aliphatic rings. The third-order valence-electron chi connectivity index (χ3n) is 3.49. The summed E-state index contributed by atoms with van der Waals surface area (Å²) in [5.41, 5.74) is 1.95. The third kappa shape index (κ3) is 2.91. The highest BCUT2D eigenvalue weighted by atomic mass is 16.5. The summed E-state index contributed by atoms with van der Waals surface area (Å²) >= 11 is 0. The molecule has 5 nitrogen and oxygen atoms in total. The van der Waals surface area contributed by atoms with Crippen molar-refractivity contribution in [2.45, 2.75) is 26.3 Å². The quantitative estimate of drug-likeness (QED) is 0.865. The van der Waals surface area contributed by atoms with Crippen LogP contribution in [0.15, 0.2) is 35.9 Å². The van der Waals surface area contributed by atoms with Gasteiger partial charge in [0.1, 0.15) is 0 Å². The number of carbonyl (C=O) groups excluding carboxylic acids is 2. The van der Waals surface area contributed by atoms with Crippen LogP contribution in [0.1, 0.15) is 25.8 Å². The highest BCUT2D eigenvalue weighted by molar-refractivity contribution is 6.04. The molecule has 0 radical (unpaired) electrons. The molecule has 2 amide bonds. The van der Waals surface area contributed by atoms with Crippen molar-refractivity contribution in [1.29, 1.82) is 0 Å². The highest BCUT2D eigenvalue weighted by Gasteiger charge is 2.35. The topological polar surface area (TPSA) is 58.6 Å². The lowest BCUT2D eigenvalue weighted by atomic mass is 9.95. The van der Waals surface area contributed by atoms with E-state index in [-0.39, 0.29) is 18.0 Å². The second-order valence-corrected chi connectivity index (χ2v) is 4.82. The number of nitrogens with one attached hydrogen (secondary N) is 1. The number of carbonyl (C=O) groups is 2. The number of ether oxygens (including phenoxy) is 1. The lowest BCUT2D eigenvalue weighted by Gasteiger charge is -2.34. The monoisotopic (exact) mass is 288 g/mol. The molecule has 0 aliphatic carbocycles. The molecule has 2 rings (SSSR count). The molecule has 0 saturated carbocycles. The Kier molecular flexibility index (Phi) is 4.62. The number of hydrogen-bond acceptors (Lipinski definition) is 3. The van der Waals surface area contributed by atoms with Crippen LogP contribution in [0.5, 0.6) is 0 Å². The van der Waals surface area contributed by atoms with Crippen LogP contribution in [0.2, 0.25) is 0 Å². The van der Waals surface area contributed by atoms with E-state index >= 15 is 0 Å². The first-order valence-corrected chi connectivity index (χ1v) is 7.11. The van der Waals surface area contributed by atoms with E-state index in [0.717, 1.165) is 5.56 Å². The van der Waals surface area contributed by atoms with E-state index in [4.69, 9.17) is 4.74 Å². The molecule has 0 aromatic heterocycles. The Morgan fingerprint density at radius 1 is 1.29 bits per heavy atom. The van der Waals surface area contributed by atoms with Gasteiger partial charge in [0.2, 0.25) is 0 Å². The van der Waals surface area contributed by atoms with E-state index in [0.29, 0.717) is 24.3 Å². The molecular weight excluding hydrogens is 268 g/mol. The van der Waals surface area contributed by atoms with Crippen LogP contribution in [0.3, 0.4) is 0 Å². The van der Waals surface area contributed by atoms with Gasteiger partial charge in [0.25, 0.3) is 0 Å². The summed E-state index contributed by atoms with van der Waals surface area (Å²) in [6.07, 6.45) is 0.629. The normalized spacial score (nSPS) is 18.5. The van der Waals surface area contributed by atoms with E-state index < -0.39 is 0 Å². The summed E-state index contributed by atoms with van der Waals surface area (Å²) in [6, 6.07) is 8.89. The molecular formula is C16H20N2O3. The van der Waals surface area contributed by atoms with Gasteiger partial charge in [0.05, 0.1) is 23.9 Å². The molecule has 0 fully saturated rings. The summed E-state index contributed by atoms with van der Waals surface area (Å²) in [6.45, 7) is 4.00. The predicted octanol–water partition coefficient (Wildman–Crippen LogP) is 2.39. The maximum atomic E-state index is 12.3. The van der Waals surface area contributed by atoms with E-state index in [1.54, 1.807) is 14.0 Å². The number of amides is 2. The van der Waals surface area contributed by atoms with Crippen LogP contribution in [-0.2, 0) is 9.53 Å². The van der Waals surface area contributed by atoms with E-state index in [9.17, 15) is 9.59 Å². The predicted molar refractivity (Wildman–Crippen MR) is 80.4 cm³/mol. The SMILES string of the molecule is CCOC(=O)C1=C(c2ccccc2)N(C)C(=O)NC1CC. The molecule has 1 N–H and O–H groups in total. The Hall–Kier alpha value is -2.30. The smallest absolute Gasteiger partial charge is 0.338 e. The van der Waals surface area contributed by atoms with Crippen molar-refractivity contribution in [1.82, 2.24) is 10.2 Å². The molecule has 21 heavy (non-hydrogen) atoms. The molecule has 1 atom stereocenters. The molecule has 112 valence electrons. The van der Waals surface area contributed by atoms with Crippen molar-refractivity contribution in [3.63, 3.8) is 0 Å². The van der Waals surface area contributed by atoms with Crippen LogP contribution in [-0.4, -0.2) is 36.6 Å². The molecule has 1 aliphatic heterocycles. The molecule has 0 spiro atoms. The Bertz CT molecular complexity index is 566. The lowest BCUT2D eigenvalue weighted by Crippen LogP contribution is -2.50. The fourth-order valence-corrected chi connectivity index (χ4v) is 2.46. The van der Waals surface area contributed by atoms with Gasteiger partial charge < -0.3 is 10.1 Å². The molecule has 1 aromatic rings. The van der Waals surface area contributed by atoms with Crippen LogP contribution in [0.25, 0.3) is 5.70 Å². The van der Waals surface area contributed by atoms with Crippen LogP contribution >= 0.6 is 0 Å². The van der Waals surface area contributed by atoms with Gasteiger partial charge in [0.15, 0.2) is 0 Å². The Labute approximate surface area is 124 Å². The molecule has 1 unspecified atom stereocenters. The molecule has 5 heteroatoms. The minimum absolute atomic E-state index is 0.214. The number of hydrogen-bond donors (Lipinski definition) is 1. The van der Waals surface area contributed by atoms with E-state index in [1.807, 2.05) is 37.3 Å². The Morgan fingerprint density at radius 2 is 1.95 bits per heavy atom. The second-order valence-electron chi connectivity index (χ2n) is 4.82. The highest BCUT2D eigenvalue weighted by Crippen LogP contribution is 2.29. The fraction of sp³-hybridized carbons (Fsp3) is 0.375. The van der Waals surface area contributed by atoms with Gasteiger partial charge in [-0.3, -0.25) is 4.90 Å². The fourth-order valence-electron chi connectivity index (χ4n) is 2.46. The maximum Gasteiger partial charge on any atom is 0.338 e. The lowest BCUT2D eigenvalue weighted by molar-refractivity contribution is -0.138.